The zero-order valence-corrected chi connectivity index (χ0v) is 25.8. The molecule has 4 aromatic rings. The Balaban J connectivity index is 0.000000388. The summed E-state index contributed by atoms with van der Waals surface area (Å²) in [5.41, 5.74) is 7.42. The molecule has 0 fully saturated rings. The summed E-state index contributed by atoms with van der Waals surface area (Å²) in [5, 5.41) is 1.37. The molecule has 220 valence electrons. The number of aromatic amines is 1. The van der Waals surface area contributed by atoms with Gasteiger partial charge in [-0.15, -0.1) is 0 Å². The molecule has 1 N–H and O–H groups in total. The van der Waals surface area contributed by atoms with Gasteiger partial charge in [-0.05, 0) is 80.3 Å². The highest BCUT2D eigenvalue weighted by Gasteiger charge is 2.20. The second-order valence-electron chi connectivity index (χ2n) is 14.6. The standard InChI is InChI=1S/C20H26O.C16H23N.2CH4/c1-19(2,3)15-7-11-17(12-8-15)21-18-13-9-16(10-14-18)20(4,5)6;1-15(2,3)11-7-8-14-12(9-11)13(10-17-14)16(4,5)6;;/h7-14H,1-6H3;7-10,17H,1-6H3;2*1H4. The molecule has 40 heavy (non-hydrogen) atoms. The van der Waals surface area contributed by atoms with Crippen LogP contribution in [0.25, 0.3) is 10.9 Å². The second-order valence-corrected chi connectivity index (χ2v) is 14.6. The minimum absolute atomic E-state index is 0. The van der Waals surface area contributed by atoms with Crippen molar-refractivity contribution in [3.63, 3.8) is 0 Å². The van der Waals surface area contributed by atoms with Crippen molar-refractivity contribution in [2.45, 2.75) is 120 Å². The molecule has 0 saturated carbocycles. The summed E-state index contributed by atoms with van der Waals surface area (Å²) < 4.78 is 5.91. The SMILES string of the molecule is C.C.CC(C)(C)c1ccc(Oc2ccc(C(C)(C)C)cc2)cc1.CC(C)(C)c1ccc2[nH]cc(C(C)(C)C)c2c1. The summed E-state index contributed by atoms with van der Waals surface area (Å²) >= 11 is 0. The van der Waals surface area contributed by atoms with Crippen LogP contribution in [0.1, 0.15) is 120 Å². The van der Waals surface area contributed by atoms with Crippen LogP contribution in [0.4, 0.5) is 0 Å². The van der Waals surface area contributed by atoms with Gasteiger partial charge in [-0.1, -0.05) is 128 Å². The Hall–Kier alpha value is -3.00. The van der Waals surface area contributed by atoms with Gasteiger partial charge in [0.25, 0.3) is 0 Å². The molecule has 4 rings (SSSR count). The molecule has 0 unspecified atom stereocenters. The van der Waals surface area contributed by atoms with E-state index in [1.165, 1.54) is 33.2 Å². The number of H-pyrrole nitrogens is 1. The molecule has 1 aromatic heterocycles. The van der Waals surface area contributed by atoms with Gasteiger partial charge >= 0.3 is 0 Å². The van der Waals surface area contributed by atoms with Crippen molar-refractivity contribution >= 4 is 10.9 Å². The smallest absolute Gasteiger partial charge is 0.127 e. The lowest BCUT2D eigenvalue weighted by Crippen LogP contribution is -2.12. The van der Waals surface area contributed by atoms with E-state index >= 15 is 0 Å². The molecular formula is C38H57NO. The third kappa shape index (κ3) is 9.01. The number of rotatable bonds is 2. The topological polar surface area (TPSA) is 25.0 Å². The first-order valence-electron chi connectivity index (χ1n) is 13.9. The first-order valence-corrected chi connectivity index (χ1v) is 13.9. The zero-order valence-electron chi connectivity index (χ0n) is 25.8. The molecule has 0 atom stereocenters. The molecular weight excluding hydrogens is 486 g/mol. The van der Waals surface area contributed by atoms with Crippen LogP contribution in [0.5, 0.6) is 11.5 Å². The third-order valence-corrected chi connectivity index (χ3v) is 7.03. The van der Waals surface area contributed by atoms with Gasteiger partial charge in [-0.2, -0.15) is 0 Å². The van der Waals surface area contributed by atoms with Gasteiger partial charge in [0.1, 0.15) is 11.5 Å². The first kappa shape index (κ1) is 35.0. The summed E-state index contributed by atoms with van der Waals surface area (Å²) in [6.07, 6.45) is 2.15. The number of hydrogen-bond donors (Lipinski definition) is 1. The Morgan fingerprint density at radius 3 is 1.20 bits per heavy atom. The number of hydrogen-bond acceptors (Lipinski definition) is 1. The lowest BCUT2D eigenvalue weighted by atomic mass is 9.83. The lowest BCUT2D eigenvalue weighted by molar-refractivity contribution is 0.480. The third-order valence-electron chi connectivity index (χ3n) is 7.03. The van der Waals surface area contributed by atoms with Crippen LogP contribution in [-0.2, 0) is 21.7 Å². The second kappa shape index (κ2) is 12.7. The molecule has 1 heterocycles. The molecule has 3 aromatic carbocycles. The van der Waals surface area contributed by atoms with Crippen molar-refractivity contribution < 1.29 is 4.74 Å². The van der Waals surface area contributed by atoms with Crippen molar-refractivity contribution in [2.75, 3.05) is 0 Å². The van der Waals surface area contributed by atoms with Crippen LogP contribution in [0, 0.1) is 0 Å². The molecule has 0 radical (unpaired) electrons. The number of ether oxygens (including phenoxy) is 1. The summed E-state index contributed by atoms with van der Waals surface area (Å²) in [7, 11) is 0. The average molecular weight is 544 g/mol. The van der Waals surface area contributed by atoms with Gasteiger partial charge in [0, 0.05) is 17.1 Å². The van der Waals surface area contributed by atoms with Crippen LogP contribution in [0.15, 0.2) is 72.9 Å². The minimum Gasteiger partial charge on any atom is -0.457 e. The highest BCUT2D eigenvalue weighted by molar-refractivity contribution is 5.85. The highest BCUT2D eigenvalue weighted by atomic mass is 16.5. The summed E-state index contributed by atoms with van der Waals surface area (Å²) in [6, 6.07) is 23.5. The van der Waals surface area contributed by atoms with Crippen molar-refractivity contribution in [1.82, 2.24) is 4.98 Å². The molecule has 2 nitrogen and oxygen atoms in total. The van der Waals surface area contributed by atoms with Crippen molar-refractivity contribution in [1.29, 1.82) is 0 Å². The van der Waals surface area contributed by atoms with Crippen molar-refractivity contribution in [2.24, 2.45) is 0 Å². The fraction of sp³-hybridized carbons (Fsp3) is 0.474. The van der Waals surface area contributed by atoms with Crippen LogP contribution in [0.2, 0.25) is 0 Å². The van der Waals surface area contributed by atoms with E-state index in [2.05, 4.69) is 137 Å². The molecule has 0 aliphatic heterocycles. The number of nitrogens with one attached hydrogen (secondary N) is 1. The van der Waals surface area contributed by atoms with Gasteiger partial charge < -0.3 is 9.72 Å². The van der Waals surface area contributed by atoms with Crippen LogP contribution < -0.4 is 4.74 Å². The molecule has 0 aliphatic rings. The first-order chi connectivity index (χ1) is 17.4. The predicted octanol–water partition coefficient (Wildman–Crippen LogP) is 12.1. The summed E-state index contributed by atoms with van der Waals surface area (Å²) in [5.74, 6) is 1.76. The van der Waals surface area contributed by atoms with Crippen molar-refractivity contribution in [3.05, 3.63) is 95.2 Å². The van der Waals surface area contributed by atoms with Gasteiger partial charge in [0.2, 0.25) is 0 Å². The van der Waals surface area contributed by atoms with Crippen LogP contribution in [0.3, 0.4) is 0 Å². The van der Waals surface area contributed by atoms with Crippen LogP contribution in [-0.4, -0.2) is 4.98 Å². The molecule has 0 bridgehead atoms. The number of fused-ring (bicyclic) bond motifs is 1. The monoisotopic (exact) mass is 543 g/mol. The van der Waals surface area contributed by atoms with Gasteiger partial charge in [-0.3, -0.25) is 0 Å². The molecule has 2 heteroatoms. The maximum Gasteiger partial charge on any atom is 0.127 e. The van der Waals surface area contributed by atoms with E-state index in [1.807, 2.05) is 24.3 Å². The van der Waals surface area contributed by atoms with Gasteiger partial charge in [0.15, 0.2) is 0 Å². The van der Waals surface area contributed by atoms with Crippen molar-refractivity contribution in [3.8, 4) is 11.5 Å². The number of aromatic nitrogens is 1. The molecule has 0 aliphatic carbocycles. The highest BCUT2D eigenvalue weighted by Crippen LogP contribution is 2.33. The fourth-order valence-electron chi connectivity index (χ4n) is 4.39. The minimum atomic E-state index is 0. The van der Waals surface area contributed by atoms with Gasteiger partial charge in [0.05, 0.1) is 0 Å². The number of benzene rings is 3. The van der Waals surface area contributed by atoms with Crippen LogP contribution >= 0.6 is 0 Å². The van der Waals surface area contributed by atoms with E-state index in [9.17, 15) is 0 Å². The Morgan fingerprint density at radius 1 is 0.475 bits per heavy atom. The summed E-state index contributed by atoms with van der Waals surface area (Å²) in [6.45, 7) is 26.9. The van der Waals surface area contributed by atoms with E-state index < -0.39 is 0 Å². The molecule has 0 amide bonds. The zero-order chi connectivity index (χ0) is 28.5. The molecule has 0 saturated heterocycles. The van der Waals surface area contributed by atoms with E-state index in [-0.39, 0.29) is 36.5 Å². The Bertz CT molecular complexity index is 1270. The fourth-order valence-corrected chi connectivity index (χ4v) is 4.39. The predicted molar refractivity (Wildman–Crippen MR) is 180 cm³/mol. The Morgan fingerprint density at radius 2 is 0.850 bits per heavy atom. The Kier molecular flexibility index (Phi) is 11.1. The quantitative estimate of drug-likeness (QED) is 0.267. The van der Waals surface area contributed by atoms with E-state index in [0.29, 0.717) is 0 Å². The summed E-state index contributed by atoms with van der Waals surface area (Å²) in [4.78, 5) is 3.37. The maximum atomic E-state index is 5.91. The van der Waals surface area contributed by atoms with E-state index in [1.54, 1.807) is 0 Å². The van der Waals surface area contributed by atoms with E-state index in [4.69, 9.17) is 4.74 Å². The normalized spacial score (nSPS) is 12.1. The van der Waals surface area contributed by atoms with Gasteiger partial charge in [-0.25, -0.2) is 0 Å². The average Bonchev–Trinajstić information content (AvgIpc) is 3.22. The molecule has 0 spiro atoms. The van der Waals surface area contributed by atoms with E-state index in [0.717, 1.165) is 11.5 Å². The lowest BCUT2D eigenvalue weighted by Gasteiger charge is -2.21. The maximum absolute atomic E-state index is 5.91. The Labute approximate surface area is 246 Å². The largest absolute Gasteiger partial charge is 0.457 e.